The summed E-state index contributed by atoms with van der Waals surface area (Å²) in [5.41, 5.74) is 5.45. The smallest absolute Gasteiger partial charge is 0.262 e. The van der Waals surface area contributed by atoms with Crippen molar-refractivity contribution in [2.75, 3.05) is 5.32 Å². The molecule has 0 aliphatic carbocycles. The number of carbonyl (C=O) groups excluding carboxylic acids is 1. The van der Waals surface area contributed by atoms with Gasteiger partial charge in [0, 0.05) is 18.1 Å². The number of hydrogen-bond donors (Lipinski definition) is 2. The number of aryl methyl sites for hydroxylation is 1. The lowest BCUT2D eigenvalue weighted by Crippen LogP contribution is -2.34. The number of nitrogens with one attached hydrogen (secondary N) is 2. The maximum absolute atomic E-state index is 11.9. The monoisotopic (exact) mass is 282 g/mol. The van der Waals surface area contributed by atoms with Crippen LogP contribution < -0.4 is 10.7 Å². The molecule has 0 saturated carbocycles. The van der Waals surface area contributed by atoms with E-state index in [1.54, 1.807) is 25.5 Å². The second-order valence-electron chi connectivity index (χ2n) is 4.75. The molecule has 2 rings (SSSR count). The van der Waals surface area contributed by atoms with Crippen LogP contribution in [-0.4, -0.2) is 23.1 Å². The highest BCUT2D eigenvalue weighted by molar-refractivity contribution is 5.86. The standard InChI is InChI=1S/C16H18N4O/c1-12-4-3-5-15(10-12)19-13(2)16(21)20-18-11-14-6-8-17-9-7-14/h3-11,13,19H,1-2H3,(H,20,21)/b18-11-/t13-/m1/s1. The first-order valence-electron chi connectivity index (χ1n) is 6.71. The van der Waals surface area contributed by atoms with Gasteiger partial charge in [0.25, 0.3) is 5.91 Å². The second kappa shape index (κ2) is 7.19. The molecule has 0 aliphatic heterocycles. The molecule has 0 unspecified atom stereocenters. The van der Waals surface area contributed by atoms with E-state index in [1.807, 2.05) is 43.3 Å². The van der Waals surface area contributed by atoms with Gasteiger partial charge in [-0.2, -0.15) is 5.10 Å². The lowest BCUT2D eigenvalue weighted by molar-refractivity contribution is -0.121. The quantitative estimate of drug-likeness (QED) is 0.653. The second-order valence-corrected chi connectivity index (χ2v) is 4.75. The van der Waals surface area contributed by atoms with Gasteiger partial charge in [-0.15, -0.1) is 0 Å². The predicted octanol–water partition coefficient (Wildman–Crippen LogP) is 2.34. The predicted molar refractivity (Wildman–Crippen MR) is 84.2 cm³/mol. The molecule has 0 fully saturated rings. The molecule has 1 heterocycles. The van der Waals surface area contributed by atoms with Crippen molar-refractivity contribution in [2.24, 2.45) is 5.10 Å². The first-order chi connectivity index (χ1) is 10.1. The lowest BCUT2D eigenvalue weighted by Gasteiger charge is -2.13. The van der Waals surface area contributed by atoms with Crippen LogP contribution >= 0.6 is 0 Å². The molecule has 108 valence electrons. The molecule has 5 nitrogen and oxygen atoms in total. The van der Waals surface area contributed by atoms with Gasteiger partial charge in [0.05, 0.1) is 6.21 Å². The number of nitrogens with zero attached hydrogens (tertiary/aromatic N) is 2. The van der Waals surface area contributed by atoms with E-state index in [2.05, 4.69) is 20.8 Å². The molecule has 0 bridgehead atoms. The Morgan fingerprint density at radius 1 is 1.29 bits per heavy atom. The number of amides is 1. The number of benzene rings is 1. The third-order valence-corrected chi connectivity index (χ3v) is 2.89. The normalized spacial score (nSPS) is 12.1. The van der Waals surface area contributed by atoms with Crippen molar-refractivity contribution in [1.29, 1.82) is 0 Å². The zero-order valence-electron chi connectivity index (χ0n) is 12.1. The molecule has 5 heteroatoms. The summed E-state index contributed by atoms with van der Waals surface area (Å²) in [7, 11) is 0. The SMILES string of the molecule is Cc1cccc(N[C@H](C)C(=O)N/N=C\c2ccncc2)c1. The van der Waals surface area contributed by atoms with Gasteiger partial charge in [0.15, 0.2) is 0 Å². The minimum atomic E-state index is -0.374. The van der Waals surface area contributed by atoms with Crippen LogP contribution in [-0.2, 0) is 4.79 Å². The van der Waals surface area contributed by atoms with Gasteiger partial charge in [0.1, 0.15) is 6.04 Å². The molecule has 2 aromatic rings. The van der Waals surface area contributed by atoms with Crippen molar-refractivity contribution in [1.82, 2.24) is 10.4 Å². The molecular formula is C16H18N4O. The summed E-state index contributed by atoms with van der Waals surface area (Å²) in [6.45, 7) is 3.80. The number of rotatable bonds is 5. The average Bonchev–Trinajstić information content (AvgIpc) is 2.48. The fraction of sp³-hybridized carbons (Fsp3) is 0.188. The highest BCUT2D eigenvalue weighted by Gasteiger charge is 2.11. The Balaban J connectivity index is 1.87. The van der Waals surface area contributed by atoms with Crippen molar-refractivity contribution < 1.29 is 4.79 Å². The van der Waals surface area contributed by atoms with E-state index >= 15 is 0 Å². The minimum absolute atomic E-state index is 0.193. The van der Waals surface area contributed by atoms with Gasteiger partial charge >= 0.3 is 0 Å². The number of hydrazone groups is 1. The highest BCUT2D eigenvalue weighted by Crippen LogP contribution is 2.10. The first kappa shape index (κ1) is 14.7. The Bertz CT molecular complexity index is 625. The van der Waals surface area contributed by atoms with Crippen molar-refractivity contribution in [3.8, 4) is 0 Å². The number of anilines is 1. The van der Waals surface area contributed by atoms with Crippen LogP contribution in [0.1, 0.15) is 18.1 Å². The van der Waals surface area contributed by atoms with Gasteiger partial charge in [-0.25, -0.2) is 5.43 Å². The van der Waals surface area contributed by atoms with Gasteiger partial charge < -0.3 is 5.32 Å². The Labute approximate surface area is 124 Å². The van der Waals surface area contributed by atoms with Gasteiger partial charge in [-0.05, 0) is 49.2 Å². The summed E-state index contributed by atoms with van der Waals surface area (Å²) < 4.78 is 0. The summed E-state index contributed by atoms with van der Waals surface area (Å²) in [4.78, 5) is 15.8. The Morgan fingerprint density at radius 2 is 2.05 bits per heavy atom. The van der Waals surface area contributed by atoms with Crippen LogP contribution in [0.4, 0.5) is 5.69 Å². The van der Waals surface area contributed by atoms with E-state index in [0.29, 0.717) is 0 Å². The topological polar surface area (TPSA) is 66.4 Å². The van der Waals surface area contributed by atoms with Crippen molar-refractivity contribution >= 4 is 17.8 Å². The summed E-state index contributed by atoms with van der Waals surface area (Å²) in [5, 5.41) is 7.06. The fourth-order valence-electron chi connectivity index (χ4n) is 1.77. The number of hydrogen-bond acceptors (Lipinski definition) is 4. The van der Waals surface area contributed by atoms with Gasteiger partial charge in [-0.3, -0.25) is 9.78 Å². The molecule has 0 spiro atoms. The van der Waals surface area contributed by atoms with Crippen LogP contribution in [0.3, 0.4) is 0 Å². The van der Waals surface area contributed by atoms with E-state index in [4.69, 9.17) is 0 Å². The molecule has 1 aromatic carbocycles. The molecule has 1 amide bonds. The molecule has 0 aliphatic rings. The van der Waals surface area contributed by atoms with E-state index in [1.165, 1.54) is 0 Å². The summed E-state index contributed by atoms with van der Waals surface area (Å²) in [6, 6.07) is 11.1. The zero-order valence-corrected chi connectivity index (χ0v) is 12.1. The van der Waals surface area contributed by atoms with Crippen molar-refractivity contribution in [3.63, 3.8) is 0 Å². The van der Waals surface area contributed by atoms with Crippen molar-refractivity contribution in [2.45, 2.75) is 19.9 Å². The third-order valence-electron chi connectivity index (χ3n) is 2.89. The van der Waals surface area contributed by atoms with Crippen LogP contribution in [0.25, 0.3) is 0 Å². The summed E-state index contributed by atoms with van der Waals surface area (Å²) in [5.74, 6) is -0.193. The van der Waals surface area contributed by atoms with Crippen LogP contribution in [0.2, 0.25) is 0 Å². The minimum Gasteiger partial charge on any atom is -0.374 e. The number of carbonyl (C=O) groups is 1. The van der Waals surface area contributed by atoms with Crippen molar-refractivity contribution in [3.05, 3.63) is 59.9 Å². The molecule has 0 saturated heterocycles. The summed E-state index contributed by atoms with van der Waals surface area (Å²) in [6.07, 6.45) is 4.93. The van der Waals surface area contributed by atoms with Crippen LogP contribution in [0.15, 0.2) is 53.9 Å². The molecule has 1 aromatic heterocycles. The van der Waals surface area contributed by atoms with E-state index in [9.17, 15) is 4.79 Å². The maximum Gasteiger partial charge on any atom is 0.262 e. The van der Waals surface area contributed by atoms with E-state index < -0.39 is 0 Å². The Kier molecular flexibility index (Phi) is 5.04. The first-order valence-corrected chi connectivity index (χ1v) is 6.71. The number of pyridine rings is 1. The Morgan fingerprint density at radius 3 is 2.76 bits per heavy atom. The number of aromatic nitrogens is 1. The zero-order chi connectivity index (χ0) is 15.1. The average molecular weight is 282 g/mol. The van der Waals surface area contributed by atoms with Crippen LogP contribution in [0.5, 0.6) is 0 Å². The van der Waals surface area contributed by atoms with Gasteiger partial charge in [0.2, 0.25) is 0 Å². The highest BCUT2D eigenvalue weighted by atomic mass is 16.2. The molecule has 1 atom stereocenters. The lowest BCUT2D eigenvalue weighted by atomic mass is 10.2. The summed E-state index contributed by atoms with van der Waals surface area (Å²) >= 11 is 0. The third kappa shape index (κ3) is 4.72. The van der Waals surface area contributed by atoms with E-state index in [-0.39, 0.29) is 11.9 Å². The molecular weight excluding hydrogens is 264 g/mol. The van der Waals surface area contributed by atoms with Gasteiger partial charge in [-0.1, -0.05) is 12.1 Å². The molecule has 2 N–H and O–H groups in total. The van der Waals surface area contributed by atoms with Crippen LogP contribution in [0, 0.1) is 6.92 Å². The Hall–Kier alpha value is -2.69. The molecule has 0 radical (unpaired) electrons. The maximum atomic E-state index is 11.9. The molecule has 21 heavy (non-hydrogen) atoms. The largest absolute Gasteiger partial charge is 0.374 e. The van der Waals surface area contributed by atoms with E-state index in [0.717, 1.165) is 16.8 Å². The fourth-order valence-corrected chi connectivity index (χ4v) is 1.77.